The Morgan fingerprint density at radius 2 is 2.19 bits per heavy atom. The van der Waals surface area contributed by atoms with Gasteiger partial charge in [-0.15, -0.1) is 0 Å². The summed E-state index contributed by atoms with van der Waals surface area (Å²) in [5.74, 6) is 2.49. The van der Waals surface area contributed by atoms with Crippen molar-refractivity contribution in [1.82, 2.24) is 0 Å². The van der Waals surface area contributed by atoms with Crippen molar-refractivity contribution in [2.75, 3.05) is 7.11 Å². The van der Waals surface area contributed by atoms with Crippen LogP contribution < -0.4 is 10.5 Å². The van der Waals surface area contributed by atoms with Crippen LogP contribution in [0.4, 0.5) is 0 Å². The molecule has 1 aliphatic carbocycles. The Labute approximate surface area is 137 Å². The fourth-order valence-corrected chi connectivity index (χ4v) is 4.22. The van der Waals surface area contributed by atoms with E-state index in [4.69, 9.17) is 10.5 Å². The zero-order chi connectivity index (χ0) is 15.5. The average molecular weight is 354 g/mol. The smallest absolute Gasteiger partial charge is 0.122 e. The maximum absolute atomic E-state index is 6.76. The summed E-state index contributed by atoms with van der Waals surface area (Å²) in [7, 11) is 1.73. The van der Waals surface area contributed by atoms with E-state index in [1.807, 2.05) is 12.1 Å². The Morgan fingerprint density at radius 1 is 1.43 bits per heavy atom. The first-order valence-electron chi connectivity index (χ1n) is 8.03. The number of hydrogen-bond acceptors (Lipinski definition) is 2. The van der Waals surface area contributed by atoms with Crippen molar-refractivity contribution in [3.05, 3.63) is 28.2 Å². The number of methoxy groups -OCH3 is 1. The van der Waals surface area contributed by atoms with Gasteiger partial charge in [0.15, 0.2) is 0 Å². The van der Waals surface area contributed by atoms with Crippen LogP contribution >= 0.6 is 15.9 Å². The molecule has 0 aliphatic heterocycles. The minimum atomic E-state index is -0.0775. The van der Waals surface area contributed by atoms with Crippen molar-refractivity contribution in [1.29, 1.82) is 0 Å². The van der Waals surface area contributed by atoms with Crippen molar-refractivity contribution >= 4 is 15.9 Å². The van der Waals surface area contributed by atoms with Gasteiger partial charge in [-0.1, -0.05) is 42.6 Å². The minimum absolute atomic E-state index is 0.0775. The molecule has 2 atom stereocenters. The summed E-state index contributed by atoms with van der Waals surface area (Å²) in [6.07, 6.45) is 7.06. The summed E-state index contributed by atoms with van der Waals surface area (Å²) in [6.45, 7) is 4.62. The maximum Gasteiger partial charge on any atom is 0.122 e. The van der Waals surface area contributed by atoms with Gasteiger partial charge in [-0.05, 0) is 61.3 Å². The van der Waals surface area contributed by atoms with Crippen LogP contribution in [0.3, 0.4) is 0 Å². The van der Waals surface area contributed by atoms with E-state index in [-0.39, 0.29) is 5.54 Å². The Hall–Kier alpha value is -0.540. The normalized spacial score (nSPS) is 26.1. The van der Waals surface area contributed by atoms with Crippen LogP contribution in [-0.4, -0.2) is 12.6 Å². The molecule has 0 bridgehead atoms. The van der Waals surface area contributed by atoms with Gasteiger partial charge in [0.25, 0.3) is 0 Å². The Morgan fingerprint density at radius 3 is 2.86 bits per heavy atom. The van der Waals surface area contributed by atoms with Gasteiger partial charge in [0, 0.05) is 10.0 Å². The van der Waals surface area contributed by atoms with Crippen LogP contribution in [-0.2, 0) is 6.42 Å². The molecule has 0 saturated heterocycles. The first-order valence-corrected chi connectivity index (χ1v) is 8.82. The fourth-order valence-electron chi connectivity index (χ4n) is 3.81. The highest BCUT2D eigenvalue weighted by Crippen LogP contribution is 2.38. The minimum Gasteiger partial charge on any atom is -0.496 e. The molecule has 21 heavy (non-hydrogen) atoms. The van der Waals surface area contributed by atoms with Gasteiger partial charge in [-0.25, -0.2) is 0 Å². The Balaban J connectivity index is 2.11. The average Bonchev–Trinajstić information content (AvgIpc) is 2.37. The third kappa shape index (κ3) is 4.72. The third-order valence-corrected chi connectivity index (χ3v) is 5.07. The third-order valence-electron chi connectivity index (χ3n) is 4.57. The highest BCUT2D eigenvalue weighted by molar-refractivity contribution is 9.10. The van der Waals surface area contributed by atoms with Gasteiger partial charge < -0.3 is 10.5 Å². The summed E-state index contributed by atoms with van der Waals surface area (Å²) in [5, 5.41) is 0. The molecule has 3 heteroatoms. The topological polar surface area (TPSA) is 35.2 Å². The molecule has 2 nitrogen and oxygen atoms in total. The second kappa shape index (κ2) is 7.15. The largest absolute Gasteiger partial charge is 0.496 e. The summed E-state index contributed by atoms with van der Waals surface area (Å²) < 4.78 is 6.60. The lowest BCUT2D eigenvalue weighted by atomic mass is 9.71. The van der Waals surface area contributed by atoms with E-state index < -0.39 is 0 Å². The van der Waals surface area contributed by atoms with E-state index >= 15 is 0 Å². The molecule has 2 unspecified atom stereocenters. The summed E-state index contributed by atoms with van der Waals surface area (Å²) >= 11 is 3.56. The van der Waals surface area contributed by atoms with Crippen molar-refractivity contribution in [3.8, 4) is 5.75 Å². The van der Waals surface area contributed by atoms with Crippen LogP contribution in [0, 0.1) is 11.8 Å². The quantitative estimate of drug-likeness (QED) is 0.813. The fraction of sp³-hybridized carbons (Fsp3) is 0.667. The lowest BCUT2D eigenvalue weighted by Gasteiger charge is -2.39. The molecule has 1 fully saturated rings. The first-order chi connectivity index (χ1) is 9.92. The number of ether oxygens (including phenoxy) is 1. The number of benzene rings is 1. The molecular weight excluding hydrogens is 326 g/mol. The molecular formula is C18H28BrNO. The number of halogens is 1. The van der Waals surface area contributed by atoms with E-state index in [0.717, 1.165) is 41.3 Å². The second-order valence-corrected chi connectivity index (χ2v) is 8.00. The van der Waals surface area contributed by atoms with Crippen molar-refractivity contribution in [2.45, 2.75) is 57.9 Å². The first kappa shape index (κ1) is 16.8. The van der Waals surface area contributed by atoms with Crippen LogP contribution in [0.25, 0.3) is 0 Å². The van der Waals surface area contributed by atoms with E-state index in [1.54, 1.807) is 7.11 Å². The van der Waals surface area contributed by atoms with Crippen LogP contribution in [0.15, 0.2) is 22.7 Å². The Kier molecular flexibility index (Phi) is 5.73. The van der Waals surface area contributed by atoms with Gasteiger partial charge in [-0.3, -0.25) is 0 Å². The summed E-state index contributed by atoms with van der Waals surface area (Å²) in [4.78, 5) is 0. The Bertz CT molecular complexity index is 474. The van der Waals surface area contributed by atoms with Gasteiger partial charge in [0.1, 0.15) is 5.75 Å². The second-order valence-electron chi connectivity index (χ2n) is 7.09. The standard InChI is InChI=1S/C18H28BrNO/c1-13(2)9-14-5-4-8-18(20,11-14)12-15-10-16(19)6-7-17(15)21-3/h6-7,10,13-14H,4-5,8-9,11-12,20H2,1-3H3. The predicted molar refractivity (Wildman–Crippen MR) is 92.7 cm³/mol. The molecule has 118 valence electrons. The zero-order valence-corrected chi connectivity index (χ0v) is 15.1. The van der Waals surface area contributed by atoms with E-state index in [9.17, 15) is 0 Å². The zero-order valence-electron chi connectivity index (χ0n) is 13.5. The lowest BCUT2D eigenvalue weighted by molar-refractivity contribution is 0.199. The highest BCUT2D eigenvalue weighted by Gasteiger charge is 2.33. The van der Waals surface area contributed by atoms with E-state index in [1.165, 1.54) is 24.8 Å². The highest BCUT2D eigenvalue weighted by atomic mass is 79.9. The van der Waals surface area contributed by atoms with Crippen LogP contribution in [0.2, 0.25) is 0 Å². The molecule has 0 amide bonds. The lowest BCUT2D eigenvalue weighted by Crippen LogP contribution is -2.46. The molecule has 2 rings (SSSR count). The van der Waals surface area contributed by atoms with Gasteiger partial charge in [0.2, 0.25) is 0 Å². The van der Waals surface area contributed by atoms with E-state index in [0.29, 0.717) is 0 Å². The maximum atomic E-state index is 6.76. The number of hydrogen-bond donors (Lipinski definition) is 1. The van der Waals surface area contributed by atoms with E-state index in [2.05, 4.69) is 35.8 Å². The van der Waals surface area contributed by atoms with Gasteiger partial charge in [0.05, 0.1) is 7.11 Å². The molecule has 1 aromatic carbocycles. The van der Waals surface area contributed by atoms with Crippen molar-refractivity contribution in [2.24, 2.45) is 17.6 Å². The van der Waals surface area contributed by atoms with Crippen LogP contribution in [0.5, 0.6) is 5.75 Å². The van der Waals surface area contributed by atoms with Crippen LogP contribution in [0.1, 0.15) is 51.5 Å². The molecule has 1 saturated carbocycles. The van der Waals surface area contributed by atoms with Crippen molar-refractivity contribution in [3.63, 3.8) is 0 Å². The summed E-state index contributed by atoms with van der Waals surface area (Å²) in [5.41, 5.74) is 7.90. The molecule has 0 heterocycles. The molecule has 1 aliphatic rings. The van der Waals surface area contributed by atoms with Gasteiger partial charge >= 0.3 is 0 Å². The number of nitrogens with two attached hydrogens (primary N) is 1. The predicted octanol–water partition coefficient (Wildman–Crippen LogP) is 4.93. The molecule has 0 radical (unpaired) electrons. The monoisotopic (exact) mass is 353 g/mol. The molecule has 1 aromatic rings. The molecule has 2 N–H and O–H groups in total. The SMILES string of the molecule is COc1ccc(Br)cc1CC1(N)CCCC(CC(C)C)C1. The van der Waals surface area contributed by atoms with Gasteiger partial charge in [-0.2, -0.15) is 0 Å². The molecule has 0 aromatic heterocycles. The molecule has 0 spiro atoms. The van der Waals surface area contributed by atoms with Crippen molar-refractivity contribution < 1.29 is 4.74 Å². The number of rotatable bonds is 5. The summed E-state index contributed by atoms with van der Waals surface area (Å²) in [6, 6.07) is 6.20.